The summed E-state index contributed by atoms with van der Waals surface area (Å²) >= 11 is 6.37. The minimum Gasteiger partial charge on any atom is -0.490 e. The van der Waals surface area contributed by atoms with Crippen LogP contribution in [0.4, 0.5) is 5.69 Å². The number of hydrogen-bond donors (Lipinski definition) is 1. The summed E-state index contributed by atoms with van der Waals surface area (Å²) in [4.78, 5) is 15.5. The fourth-order valence-corrected chi connectivity index (χ4v) is 7.69. The van der Waals surface area contributed by atoms with Crippen LogP contribution in [-0.4, -0.2) is 41.4 Å². The van der Waals surface area contributed by atoms with E-state index in [0.717, 1.165) is 48.8 Å². The number of amides is 1. The van der Waals surface area contributed by atoms with E-state index in [0.29, 0.717) is 36.2 Å². The third kappa shape index (κ3) is 4.43. The van der Waals surface area contributed by atoms with Crippen LogP contribution in [0.25, 0.3) is 0 Å². The Morgan fingerprint density at radius 1 is 1.19 bits per heavy atom. The highest BCUT2D eigenvalue weighted by atomic mass is 35.5. The molecule has 1 N–H and O–H groups in total. The van der Waals surface area contributed by atoms with Crippen molar-refractivity contribution in [2.75, 3.05) is 30.3 Å². The third-order valence-electron chi connectivity index (χ3n) is 8.51. The van der Waals surface area contributed by atoms with Crippen LogP contribution >= 0.6 is 11.6 Å². The summed E-state index contributed by atoms with van der Waals surface area (Å²) in [5.41, 5.74) is 3.96. The van der Waals surface area contributed by atoms with Crippen LogP contribution in [0.1, 0.15) is 53.6 Å². The Morgan fingerprint density at radius 2 is 2.08 bits per heavy atom. The van der Waals surface area contributed by atoms with Gasteiger partial charge in [-0.1, -0.05) is 29.8 Å². The van der Waals surface area contributed by atoms with Gasteiger partial charge in [0, 0.05) is 44.6 Å². The van der Waals surface area contributed by atoms with Crippen molar-refractivity contribution in [3.05, 3.63) is 70.3 Å². The molecule has 4 atom stereocenters. The number of rotatable bonds is 0. The second-order valence-electron chi connectivity index (χ2n) is 11.0. The molecule has 2 bridgehead atoms. The van der Waals surface area contributed by atoms with Gasteiger partial charge in [-0.05, 0) is 97.7 Å². The first-order valence-corrected chi connectivity index (χ1v) is 15.2. The van der Waals surface area contributed by atoms with Gasteiger partial charge in [-0.15, -0.1) is 0 Å². The predicted octanol–water partition coefficient (Wildman–Crippen LogP) is 5.16. The SMILES string of the molecule is C=S1(=O)CC/C=C/[C@@H]2CC[C@H]2CN2C[C@@]3(CCCc4cc(Cl)ccc43)COc3ccc(cc32)C(=O)N1. The van der Waals surface area contributed by atoms with E-state index in [2.05, 4.69) is 39.8 Å². The first-order valence-electron chi connectivity index (χ1n) is 13.0. The second-order valence-corrected chi connectivity index (χ2v) is 13.6. The standard InChI is InChI=1S/C29H33ClN2O3S/c1-36(34)14-3-2-5-20-7-8-23(20)17-32-18-29(13-4-6-21-15-24(30)10-11-25(21)29)19-35-27-12-9-22(16-26(27)32)28(33)31-36/h2,5,9-12,15-16,20,23H,1,3-4,6-8,13-14,17-19H2,(H,31,33,34)/b5-2+/t20-,23+,29+,36?/m1/s1. The highest BCUT2D eigenvalue weighted by Crippen LogP contribution is 2.46. The molecule has 7 heteroatoms. The van der Waals surface area contributed by atoms with Gasteiger partial charge in [0.1, 0.15) is 5.75 Å². The van der Waals surface area contributed by atoms with Crippen LogP contribution in [0.5, 0.6) is 5.75 Å². The molecule has 0 saturated heterocycles. The number of ether oxygens (including phenoxy) is 1. The number of aryl methyl sites for hydroxylation is 1. The lowest BCUT2D eigenvalue weighted by Gasteiger charge is -2.44. The predicted molar refractivity (Wildman–Crippen MR) is 148 cm³/mol. The molecule has 36 heavy (non-hydrogen) atoms. The summed E-state index contributed by atoms with van der Waals surface area (Å²) in [5.74, 6) is 5.68. The molecule has 2 aliphatic carbocycles. The lowest BCUT2D eigenvalue weighted by atomic mass is 9.69. The van der Waals surface area contributed by atoms with Gasteiger partial charge in [0.25, 0.3) is 5.91 Å². The van der Waals surface area contributed by atoms with Crippen LogP contribution in [-0.2, 0) is 21.5 Å². The van der Waals surface area contributed by atoms with Crippen LogP contribution in [0.2, 0.25) is 5.02 Å². The molecule has 0 aromatic heterocycles. The van der Waals surface area contributed by atoms with Crippen molar-refractivity contribution in [2.24, 2.45) is 11.8 Å². The summed E-state index contributed by atoms with van der Waals surface area (Å²) in [6.07, 6.45) is 10.6. The molecule has 4 aliphatic rings. The molecule has 6 rings (SSSR count). The zero-order valence-corrected chi connectivity index (χ0v) is 22.1. The second kappa shape index (κ2) is 9.14. The number of anilines is 1. The lowest BCUT2D eigenvalue weighted by molar-refractivity contribution is 0.0982. The maximum absolute atomic E-state index is 13.1. The maximum Gasteiger partial charge on any atom is 0.262 e. The van der Waals surface area contributed by atoms with Crippen LogP contribution in [0, 0.1) is 11.8 Å². The molecule has 1 fully saturated rings. The van der Waals surface area contributed by atoms with E-state index in [9.17, 15) is 9.00 Å². The number of fused-ring (bicyclic) bond motifs is 4. The smallest absolute Gasteiger partial charge is 0.262 e. The number of nitrogens with zero attached hydrogens (tertiary/aromatic N) is 1. The number of carbonyl (C=O) groups is 1. The van der Waals surface area contributed by atoms with E-state index < -0.39 is 9.71 Å². The summed E-state index contributed by atoms with van der Waals surface area (Å²) in [6, 6.07) is 11.9. The Labute approximate surface area is 219 Å². The van der Waals surface area contributed by atoms with Crippen LogP contribution in [0.15, 0.2) is 48.6 Å². The highest BCUT2D eigenvalue weighted by Gasteiger charge is 2.43. The van der Waals surface area contributed by atoms with E-state index in [1.165, 1.54) is 24.0 Å². The van der Waals surface area contributed by atoms with E-state index in [1.54, 1.807) is 6.07 Å². The van der Waals surface area contributed by atoms with Crippen molar-refractivity contribution in [3.63, 3.8) is 0 Å². The molecule has 1 spiro atoms. The highest BCUT2D eigenvalue weighted by molar-refractivity contribution is 7.99. The monoisotopic (exact) mass is 524 g/mol. The summed E-state index contributed by atoms with van der Waals surface area (Å²) in [5, 5.41) is 0.781. The van der Waals surface area contributed by atoms with Crippen molar-refractivity contribution in [1.29, 1.82) is 0 Å². The van der Waals surface area contributed by atoms with Crippen molar-refractivity contribution in [1.82, 2.24) is 4.72 Å². The van der Waals surface area contributed by atoms with Gasteiger partial charge in [0.2, 0.25) is 0 Å². The Morgan fingerprint density at radius 3 is 2.92 bits per heavy atom. The molecule has 5 nitrogen and oxygen atoms in total. The maximum atomic E-state index is 13.1. The number of hydrogen-bond acceptors (Lipinski definition) is 4. The molecule has 190 valence electrons. The Kier molecular flexibility index (Phi) is 6.08. The van der Waals surface area contributed by atoms with Gasteiger partial charge < -0.3 is 9.64 Å². The van der Waals surface area contributed by atoms with E-state index >= 15 is 0 Å². The minimum atomic E-state index is -2.71. The molecule has 2 aromatic carbocycles. The van der Waals surface area contributed by atoms with Gasteiger partial charge in [0.15, 0.2) is 0 Å². The van der Waals surface area contributed by atoms with Crippen LogP contribution < -0.4 is 14.4 Å². The fraction of sp³-hybridized carbons (Fsp3) is 0.448. The van der Waals surface area contributed by atoms with Crippen molar-refractivity contribution >= 4 is 38.8 Å². The summed E-state index contributed by atoms with van der Waals surface area (Å²) < 4.78 is 22.1. The number of halogens is 1. The molecule has 2 aromatic rings. The van der Waals surface area contributed by atoms with Gasteiger partial charge in [-0.3, -0.25) is 9.52 Å². The summed E-state index contributed by atoms with van der Waals surface area (Å²) in [6.45, 7) is 2.35. The summed E-state index contributed by atoms with van der Waals surface area (Å²) in [7, 11) is -2.71. The van der Waals surface area contributed by atoms with Crippen molar-refractivity contribution < 1.29 is 13.7 Å². The minimum absolute atomic E-state index is 0.137. The number of allylic oxidation sites excluding steroid dienone is 2. The van der Waals surface area contributed by atoms with E-state index in [1.807, 2.05) is 18.2 Å². The molecule has 1 saturated carbocycles. The van der Waals surface area contributed by atoms with E-state index in [4.69, 9.17) is 16.3 Å². The van der Waals surface area contributed by atoms with Gasteiger partial charge in [-0.2, -0.15) is 0 Å². The first kappa shape index (κ1) is 23.9. The largest absolute Gasteiger partial charge is 0.490 e. The number of nitrogens with one attached hydrogen (secondary N) is 1. The third-order valence-corrected chi connectivity index (χ3v) is 10.2. The Bertz CT molecular complexity index is 1340. The molecular formula is C29H33ClN2O3S. The molecule has 0 radical (unpaired) electrons. The molecule has 1 unspecified atom stereocenters. The first-order chi connectivity index (χ1) is 17.3. The van der Waals surface area contributed by atoms with Gasteiger partial charge >= 0.3 is 0 Å². The Balaban J connectivity index is 1.43. The zero-order chi connectivity index (χ0) is 24.9. The van der Waals surface area contributed by atoms with Gasteiger partial charge in [-0.25, -0.2) is 4.21 Å². The molecule has 2 aliphatic heterocycles. The normalized spacial score (nSPS) is 32.6. The topological polar surface area (TPSA) is 58.6 Å². The quantitative estimate of drug-likeness (QED) is 0.382. The average Bonchev–Trinajstić information content (AvgIpc) is 2.98. The molecule has 2 heterocycles. The fourth-order valence-electron chi connectivity index (χ4n) is 6.42. The van der Waals surface area contributed by atoms with Gasteiger partial charge in [0.05, 0.1) is 12.3 Å². The van der Waals surface area contributed by atoms with Crippen molar-refractivity contribution in [3.8, 4) is 5.75 Å². The lowest BCUT2D eigenvalue weighted by Crippen LogP contribution is -2.48. The van der Waals surface area contributed by atoms with E-state index in [-0.39, 0.29) is 11.3 Å². The average molecular weight is 525 g/mol. The van der Waals surface area contributed by atoms with Crippen LogP contribution in [0.3, 0.4) is 0 Å². The Hall–Kier alpha value is -2.44. The number of benzene rings is 2. The molecule has 1 amide bonds. The molecular weight excluding hydrogens is 492 g/mol. The van der Waals surface area contributed by atoms with Crippen molar-refractivity contribution in [2.45, 2.75) is 43.9 Å². The number of carbonyl (C=O) groups excluding carboxylic acids is 1. The zero-order valence-electron chi connectivity index (χ0n) is 20.5.